The van der Waals surface area contributed by atoms with Crippen molar-refractivity contribution in [2.24, 2.45) is 11.8 Å². The van der Waals surface area contributed by atoms with Crippen LogP contribution < -0.4 is 5.32 Å². The van der Waals surface area contributed by atoms with Gasteiger partial charge in [-0.05, 0) is 49.4 Å². The Morgan fingerprint density at radius 3 is 2.82 bits per heavy atom. The SMILES string of the molecule is CC(CSc1ccc(F)cc1)C(=O)NCC1CCCC(O)C1. The summed E-state index contributed by atoms with van der Waals surface area (Å²) in [6.07, 6.45) is 3.59. The molecule has 0 spiro atoms. The van der Waals surface area contributed by atoms with Gasteiger partial charge < -0.3 is 10.4 Å². The van der Waals surface area contributed by atoms with Gasteiger partial charge in [-0.25, -0.2) is 4.39 Å². The van der Waals surface area contributed by atoms with E-state index >= 15 is 0 Å². The van der Waals surface area contributed by atoms with Crippen molar-refractivity contribution >= 4 is 17.7 Å². The van der Waals surface area contributed by atoms with Crippen LogP contribution in [0.4, 0.5) is 4.39 Å². The molecule has 0 aromatic heterocycles. The zero-order chi connectivity index (χ0) is 15.9. The minimum Gasteiger partial charge on any atom is -0.393 e. The first-order valence-corrected chi connectivity index (χ1v) is 8.87. The van der Waals surface area contributed by atoms with E-state index in [9.17, 15) is 14.3 Å². The van der Waals surface area contributed by atoms with Crippen LogP contribution in [0.5, 0.6) is 0 Å². The molecule has 1 fully saturated rings. The van der Waals surface area contributed by atoms with Gasteiger partial charge in [-0.15, -0.1) is 11.8 Å². The molecule has 5 heteroatoms. The highest BCUT2D eigenvalue weighted by molar-refractivity contribution is 7.99. The van der Waals surface area contributed by atoms with Crippen molar-refractivity contribution in [1.82, 2.24) is 5.32 Å². The Morgan fingerprint density at radius 1 is 1.41 bits per heavy atom. The fourth-order valence-corrected chi connectivity index (χ4v) is 3.62. The van der Waals surface area contributed by atoms with Crippen LogP contribution in [-0.2, 0) is 4.79 Å². The summed E-state index contributed by atoms with van der Waals surface area (Å²) in [5.41, 5.74) is 0. The number of aliphatic hydroxyl groups is 1. The minimum atomic E-state index is -0.246. The van der Waals surface area contributed by atoms with Crippen molar-refractivity contribution in [3.8, 4) is 0 Å². The van der Waals surface area contributed by atoms with Gasteiger partial charge in [-0.2, -0.15) is 0 Å². The van der Waals surface area contributed by atoms with E-state index in [2.05, 4.69) is 5.32 Å². The molecule has 1 aromatic carbocycles. The van der Waals surface area contributed by atoms with E-state index in [0.29, 0.717) is 18.2 Å². The van der Waals surface area contributed by atoms with Gasteiger partial charge in [0, 0.05) is 23.1 Å². The average Bonchev–Trinajstić information content (AvgIpc) is 2.52. The van der Waals surface area contributed by atoms with Crippen molar-refractivity contribution < 1.29 is 14.3 Å². The number of hydrogen-bond acceptors (Lipinski definition) is 3. The summed E-state index contributed by atoms with van der Waals surface area (Å²) in [5.74, 6) is 0.776. The fourth-order valence-electron chi connectivity index (χ4n) is 2.69. The lowest BCUT2D eigenvalue weighted by molar-refractivity contribution is -0.124. The summed E-state index contributed by atoms with van der Waals surface area (Å²) in [6.45, 7) is 2.56. The van der Waals surface area contributed by atoms with Gasteiger partial charge in [0.15, 0.2) is 0 Å². The third-order valence-electron chi connectivity index (χ3n) is 4.08. The van der Waals surface area contributed by atoms with Crippen molar-refractivity contribution in [3.05, 3.63) is 30.1 Å². The van der Waals surface area contributed by atoms with Crippen LogP contribution in [-0.4, -0.2) is 29.4 Å². The highest BCUT2D eigenvalue weighted by Gasteiger charge is 2.21. The Morgan fingerprint density at radius 2 is 2.14 bits per heavy atom. The van der Waals surface area contributed by atoms with Gasteiger partial charge in [0.1, 0.15) is 5.82 Å². The van der Waals surface area contributed by atoms with Crippen molar-refractivity contribution in [2.75, 3.05) is 12.3 Å². The predicted octanol–water partition coefficient (Wildman–Crippen LogP) is 3.22. The lowest BCUT2D eigenvalue weighted by atomic mass is 9.87. The molecular weight excluding hydrogens is 301 g/mol. The highest BCUT2D eigenvalue weighted by Crippen LogP contribution is 2.24. The molecule has 3 atom stereocenters. The van der Waals surface area contributed by atoms with Gasteiger partial charge in [-0.1, -0.05) is 13.3 Å². The number of benzene rings is 1. The normalized spacial score (nSPS) is 23.0. The van der Waals surface area contributed by atoms with Gasteiger partial charge in [0.05, 0.1) is 6.10 Å². The highest BCUT2D eigenvalue weighted by atomic mass is 32.2. The summed E-state index contributed by atoms with van der Waals surface area (Å²) < 4.78 is 12.8. The quantitative estimate of drug-likeness (QED) is 0.790. The van der Waals surface area contributed by atoms with E-state index in [1.165, 1.54) is 12.1 Å². The fraction of sp³-hybridized carbons (Fsp3) is 0.588. The monoisotopic (exact) mass is 325 g/mol. The number of amides is 1. The Kier molecular flexibility index (Phi) is 6.70. The molecule has 1 aliphatic carbocycles. The Balaban J connectivity index is 1.69. The number of hydrogen-bond donors (Lipinski definition) is 2. The zero-order valence-corrected chi connectivity index (χ0v) is 13.7. The molecule has 1 aliphatic rings. The van der Waals surface area contributed by atoms with Crippen LogP contribution in [0.3, 0.4) is 0 Å². The first-order valence-electron chi connectivity index (χ1n) is 7.88. The Bertz CT molecular complexity index is 480. The first kappa shape index (κ1) is 17.3. The predicted molar refractivity (Wildman–Crippen MR) is 87.3 cm³/mol. The maximum atomic E-state index is 12.8. The molecule has 0 heterocycles. The molecule has 0 bridgehead atoms. The molecule has 1 amide bonds. The van der Waals surface area contributed by atoms with Crippen molar-refractivity contribution in [2.45, 2.75) is 43.6 Å². The van der Waals surface area contributed by atoms with Gasteiger partial charge in [0.2, 0.25) is 5.91 Å². The van der Waals surface area contributed by atoms with Crippen LogP contribution in [0.2, 0.25) is 0 Å². The number of nitrogens with one attached hydrogen (secondary N) is 1. The maximum absolute atomic E-state index is 12.8. The third-order valence-corrected chi connectivity index (χ3v) is 5.35. The van der Waals surface area contributed by atoms with Gasteiger partial charge in [-0.3, -0.25) is 4.79 Å². The number of thioether (sulfide) groups is 1. The standard InChI is InChI=1S/C17H24FNO2S/c1-12(11-22-16-7-5-14(18)6-8-16)17(21)19-10-13-3-2-4-15(20)9-13/h5-8,12-13,15,20H,2-4,9-11H2,1H3,(H,19,21). The van der Waals surface area contributed by atoms with Crippen molar-refractivity contribution in [1.29, 1.82) is 0 Å². The Labute approximate surface area is 135 Å². The molecule has 0 saturated heterocycles. The van der Waals surface area contributed by atoms with Gasteiger partial charge in [0.25, 0.3) is 0 Å². The summed E-state index contributed by atoms with van der Waals surface area (Å²) in [5, 5.41) is 12.6. The van der Waals surface area contributed by atoms with Crippen molar-refractivity contribution in [3.63, 3.8) is 0 Å². The zero-order valence-electron chi connectivity index (χ0n) is 12.9. The molecule has 1 aromatic rings. The summed E-state index contributed by atoms with van der Waals surface area (Å²) in [4.78, 5) is 13.1. The number of rotatable bonds is 6. The van der Waals surface area contributed by atoms with Crippen LogP contribution in [0.15, 0.2) is 29.2 Å². The average molecular weight is 325 g/mol. The number of halogens is 1. The first-order chi connectivity index (χ1) is 10.5. The molecule has 3 nitrogen and oxygen atoms in total. The molecular formula is C17H24FNO2S. The van der Waals surface area contributed by atoms with E-state index in [0.717, 1.165) is 30.6 Å². The lowest BCUT2D eigenvalue weighted by Crippen LogP contribution is -2.36. The minimum absolute atomic E-state index is 0.0506. The largest absolute Gasteiger partial charge is 0.393 e. The number of carbonyl (C=O) groups is 1. The molecule has 22 heavy (non-hydrogen) atoms. The molecule has 122 valence electrons. The molecule has 0 aliphatic heterocycles. The number of aliphatic hydroxyl groups excluding tert-OH is 1. The molecule has 2 N–H and O–H groups in total. The topological polar surface area (TPSA) is 49.3 Å². The summed E-state index contributed by atoms with van der Waals surface area (Å²) >= 11 is 1.56. The molecule has 3 unspecified atom stereocenters. The van der Waals surface area contributed by atoms with Crippen LogP contribution in [0.1, 0.15) is 32.6 Å². The third kappa shape index (κ3) is 5.61. The molecule has 2 rings (SSSR count). The van der Waals surface area contributed by atoms with E-state index in [4.69, 9.17) is 0 Å². The van der Waals surface area contributed by atoms with Crippen LogP contribution in [0.25, 0.3) is 0 Å². The van der Waals surface area contributed by atoms with E-state index < -0.39 is 0 Å². The smallest absolute Gasteiger partial charge is 0.223 e. The second kappa shape index (κ2) is 8.53. The number of carbonyl (C=O) groups excluding carboxylic acids is 1. The van der Waals surface area contributed by atoms with E-state index in [-0.39, 0.29) is 23.7 Å². The van der Waals surface area contributed by atoms with E-state index in [1.54, 1.807) is 23.9 Å². The lowest BCUT2D eigenvalue weighted by Gasteiger charge is -2.26. The Hall–Kier alpha value is -1.07. The molecule has 1 saturated carbocycles. The van der Waals surface area contributed by atoms with Crippen LogP contribution >= 0.6 is 11.8 Å². The molecule has 0 radical (unpaired) electrons. The van der Waals surface area contributed by atoms with Gasteiger partial charge >= 0.3 is 0 Å². The van der Waals surface area contributed by atoms with E-state index in [1.807, 2.05) is 6.92 Å². The summed E-state index contributed by atoms with van der Waals surface area (Å²) in [7, 11) is 0. The summed E-state index contributed by atoms with van der Waals surface area (Å²) in [6, 6.07) is 6.32. The van der Waals surface area contributed by atoms with Crippen LogP contribution in [0, 0.1) is 17.7 Å². The second-order valence-corrected chi connectivity index (χ2v) is 7.19. The maximum Gasteiger partial charge on any atom is 0.223 e. The second-order valence-electron chi connectivity index (χ2n) is 6.10.